The first-order chi connectivity index (χ1) is 9.90. The lowest BCUT2D eigenvalue weighted by molar-refractivity contribution is -0.141. The molecule has 0 unspecified atom stereocenters. The van der Waals surface area contributed by atoms with Gasteiger partial charge in [0.05, 0.1) is 12.8 Å². The molecule has 0 radical (unpaired) electrons. The Morgan fingerprint density at radius 2 is 2.00 bits per heavy atom. The highest BCUT2D eigenvalue weighted by Crippen LogP contribution is 2.27. The van der Waals surface area contributed by atoms with Gasteiger partial charge in [0.2, 0.25) is 0 Å². The molecule has 114 valence electrons. The first-order valence-electron chi connectivity index (χ1n) is 6.08. The van der Waals surface area contributed by atoms with E-state index in [-0.39, 0.29) is 24.3 Å². The number of carboxylic acids is 1. The number of ether oxygens (including phenoxy) is 1. The second kappa shape index (κ2) is 7.13. The van der Waals surface area contributed by atoms with Crippen molar-refractivity contribution in [2.24, 2.45) is 0 Å². The van der Waals surface area contributed by atoms with Crippen LogP contribution in [0.15, 0.2) is 18.2 Å². The normalized spacial score (nSPS) is 9.81. The number of phenols is 1. The Labute approximate surface area is 120 Å². The molecule has 0 atom stereocenters. The van der Waals surface area contributed by atoms with Crippen LogP contribution in [0.4, 0.5) is 10.5 Å². The number of anilines is 1. The van der Waals surface area contributed by atoms with E-state index >= 15 is 0 Å². The van der Waals surface area contributed by atoms with Crippen molar-refractivity contribution in [2.45, 2.75) is 6.92 Å². The van der Waals surface area contributed by atoms with Crippen molar-refractivity contribution in [1.82, 2.24) is 4.90 Å². The minimum absolute atomic E-state index is 0.0526. The monoisotopic (exact) mass is 296 g/mol. The van der Waals surface area contributed by atoms with Gasteiger partial charge in [-0.2, -0.15) is 0 Å². The molecular weight excluding hydrogens is 280 g/mol. The molecule has 1 rings (SSSR count). The number of urea groups is 1. The van der Waals surface area contributed by atoms with E-state index in [9.17, 15) is 19.5 Å². The fraction of sp³-hybridized carbons (Fsp3) is 0.308. The molecule has 8 nitrogen and oxygen atoms in total. The SMILES string of the molecule is CCN(CC(=O)OC)C(=O)Nc1cccc(C(=O)O)c1O. The van der Waals surface area contributed by atoms with Crippen molar-refractivity contribution < 1.29 is 29.3 Å². The Morgan fingerprint density at radius 1 is 1.33 bits per heavy atom. The lowest BCUT2D eigenvalue weighted by Crippen LogP contribution is -2.39. The van der Waals surface area contributed by atoms with Crippen molar-refractivity contribution in [2.75, 3.05) is 25.5 Å². The van der Waals surface area contributed by atoms with Gasteiger partial charge in [0, 0.05) is 6.54 Å². The highest BCUT2D eigenvalue weighted by Gasteiger charge is 2.19. The van der Waals surface area contributed by atoms with Crippen LogP contribution in [0.2, 0.25) is 0 Å². The Balaban J connectivity index is 2.89. The van der Waals surface area contributed by atoms with Gasteiger partial charge in [-0.25, -0.2) is 9.59 Å². The quantitative estimate of drug-likeness (QED) is 0.554. The van der Waals surface area contributed by atoms with Gasteiger partial charge >= 0.3 is 18.0 Å². The predicted molar refractivity (Wildman–Crippen MR) is 73.3 cm³/mol. The topological polar surface area (TPSA) is 116 Å². The van der Waals surface area contributed by atoms with E-state index in [1.165, 1.54) is 25.3 Å². The summed E-state index contributed by atoms with van der Waals surface area (Å²) in [5.74, 6) is -2.45. The molecule has 0 heterocycles. The minimum atomic E-state index is -1.31. The second-order valence-electron chi connectivity index (χ2n) is 4.03. The lowest BCUT2D eigenvalue weighted by Gasteiger charge is -2.20. The average molecular weight is 296 g/mol. The number of aromatic carboxylic acids is 1. The number of nitrogens with zero attached hydrogens (tertiary/aromatic N) is 1. The number of nitrogens with one attached hydrogen (secondary N) is 1. The smallest absolute Gasteiger partial charge is 0.339 e. The number of hydrogen-bond acceptors (Lipinski definition) is 5. The molecule has 0 aromatic heterocycles. The molecule has 3 N–H and O–H groups in total. The average Bonchev–Trinajstić information content (AvgIpc) is 2.46. The molecule has 21 heavy (non-hydrogen) atoms. The molecule has 1 aromatic rings. The van der Waals surface area contributed by atoms with Crippen LogP contribution in [0.1, 0.15) is 17.3 Å². The van der Waals surface area contributed by atoms with Gasteiger partial charge < -0.3 is 25.2 Å². The van der Waals surface area contributed by atoms with Crippen molar-refractivity contribution in [3.8, 4) is 5.75 Å². The molecule has 0 fully saturated rings. The van der Waals surface area contributed by atoms with Gasteiger partial charge in [-0.15, -0.1) is 0 Å². The molecular formula is C13H16N2O6. The summed E-state index contributed by atoms with van der Waals surface area (Å²) < 4.78 is 4.47. The minimum Gasteiger partial charge on any atom is -0.505 e. The third-order valence-corrected chi connectivity index (χ3v) is 2.72. The number of benzene rings is 1. The Morgan fingerprint density at radius 3 is 2.52 bits per heavy atom. The molecule has 0 saturated carbocycles. The van der Waals surface area contributed by atoms with Gasteiger partial charge in [-0.05, 0) is 19.1 Å². The first kappa shape index (κ1) is 16.3. The van der Waals surface area contributed by atoms with Crippen LogP contribution in [-0.2, 0) is 9.53 Å². The Hall–Kier alpha value is -2.77. The number of carbonyl (C=O) groups excluding carboxylic acids is 2. The van der Waals surface area contributed by atoms with Crippen LogP contribution < -0.4 is 5.32 Å². The largest absolute Gasteiger partial charge is 0.505 e. The van der Waals surface area contributed by atoms with Crippen LogP contribution in [0.5, 0.6) is 5.75 Å². The van der Waals surface area contributed by atoms with Crippen molar-refractivity contribution in [3.05, 3.63) is 23.8 Å². The maximum atomic E-state index is 12.0. The van der Waals surface area contributed by atoms with E-state index in [2.05, 4.69) is 10.1 Å². The van der Waals surface area contributed by atoms with Gasteiger partial charge in [0.25, 0.3) is 0 Å². The highest BCUT2D eigenvalue weighted by molar-refractivity contribution is 5.97. The zero-order valence-corrected chi connectivity index (χ0v) is 11.6. The third kappa shape index (κ3) is 4.10. The summed E-state index contributed by atoms with van der Waals surface area (Å²) in [5, 5.41) is 21.0. The molecule has 0 aliphatic heterocycles. The van der Waals surface area contributed by atoms with Gasteiger partial charge in [0.15, 0.2) is 5.75 Å². The van der Waals surface area contributed by atoms with Crippen molar-refractivity contribution >= 4 is 23.7 Å². The van der Waals surface area contributed by atoms with Crippen LogP contribution in [-0.4, -0.2) is 53.3 Å². The molecule has 1 aromatic carbocycles. The van der Waals surface area contributed by atoms with Crippen LogP contribution in [0.3, 0.4) is 0 Å². The van der Waals surface area contributed by atoms with Gasteiger partial charge in [-0.1, -0.05) is 6.07 Å². The summed E-state index contributed by atoms with van der Waals surface area (Å²) >= 11 is 0. The number of likely N-dealkylation sites (N-methyl/N-ethyl adjacent to an activating group) is 1. The number of aromatic hydroxyl groups is 1. The van der Waals surface area contributed by atoms with Gasteiger partial charge in [0.1, 0.15) is 12.1 Å². The molecule has 0 bridgehead atoms. The lowest BCUT2D eigenvalue weighted by atomic mass is 10.1. The summed E-state index contributed by atoms with van der Waals surface area (Å²) in [7, 11) is 1.20. The van der Waals surface area contributed by atoms with E-state index < -0.39 is 23.7 Å². The second-order valence-corrected chi connectivity index (χ2v) is 4.03. The predicted octanol–water partition coefficient (Wildman–Crippen LogP) is 1.12. The number of methoxy groups -OCH3 is 1. The van der Waals surface area contributed by atoms with E-state index in [1.807, 2.05) is 0 Å². The van der Waals surface area contributed by atoms with E-state index in [4.69, 9.17) is 5.11 Å². The summed E-state index contributed by atoms with van der Waals surface area (Å²) in [6.07, 6.45) is 0. The van der Waals surface area contributed by atoms with Crippen molar-refractivity contribution in [1.29, 1.82) is 0 Å². The van der Waals surface area contributed by atoms with Gasteiger partial charge in [-0.3, -0.25) is 4.79 Å². The number of carbonyl (C=O) groups is 3. The summed E-state index contributed by atoms with van der Waals surface area (Å²) in [6.45, 7) is 1.65. The molecule has 0 aliphatic rings. The molecule has 0 spiro atoms. The standard InChI is InChI=1S/C13H16N2O6/c1-3-15(7-10(16)21-2)13(20)14-9-6-4-5-8(11(9)17)12(18)19/h4-6,17H,3,7H2,1-2H3,(H,14,20)(H,18,19). The van der Waals surface area contributed by atoms with Crippen LogP contribution in [0.25, 0.3) is 0 Å². The number of hydrogen-bond donors (Lipinski definition) is 3. The Kier molecular flexibility index (Phi) is 5.53. The fourth-order valence-corrected chi connectivity index (χ4v) is 1.56. The van der Waals surface area contributed by atoms with Crippen LogP contribution >= 0.6 is 0 Å². The Bertz CT molecular complexity index is 558. The van der Waals surface area contributed by atoms with E-state index in [0.717, 1.165) is 4.90 Å². The third-order valence-electron chi connectivity index (χ3n) is 2.72. The number of amides is 2. The number of rotatable bonds is 5. The van der Waals surface area contributed by atoms with Crippen LogP contribution in [0, 0.1) is 0 Å². The summed E-state index contributed by atoms with van der Waals surface area (Å²) in [4.78, 5) is 35.2. The zero-order valence-electron chi connectivity index (χ0n) is 11.6. The van der Waals surface area contributed by atoms with E-state index in [1.54, 1.807) is 6.92 Å². The fourth-order valence-electron chi connectivity index (χ4n) is 1.56. The molecule has 8 heteroatoms. The molecule has 2 amide bonds. The molecule has 0 aliphatic carbocycles. The number of carboxylic acid groups (broad SMARTS) is 1. The highest BCUT2D eigenvalue weighted by atomic mass is 16.5. The molecule has 0 saturated heterocycles. The number of para-hydroxylation sites is 1. The zero-order chi connectivity index (χ0) is 16.0. The maximum Gasteiger partial charge on any atom is 0.339 e. The maximum absolute atomic E-state index is 12.0. The summed E-state index contributed by atoms with van der Waals surface area (Å²) in [5.41, 5.74) is -0.382. The van der Waals surface area contributed by atoms with Crippen molar-refractivity contribution in [3.63, 3.8) is 0 Å². The first-order valence-corrected chi connectivity index (χ1v) is 6.08. The number of esters is 1. The summed E-state index contributed by atoms with van der Waals surface area (Å²) in [6, 6.07) is 3.29. The van der Waals surface area contributed by atoms with E-state index in [0.29, 0.717) is 0 Å².